The number of nitrogens with zero attached hydrogens (tertiary/aromatic N) is 4. The van der Waals surface area contributed by atoms with E-state index in [0.29, 0.717) is 12.4 Å². The van der Waals surface area contributed by atoms with Gasteiger partial charge in [-0.15, -0.1) is 0 Å². The van der Waals surface area contributed by atoms with Crippen molar-refractivity contribution >= 4 is 11.9 Å². The molecule has 0 saturated carbocycles. The molecule has 0 radical (unpaired) electrons. The minimum absolute atomic E-state index is 0.0492. The summed E-state index contributed by atoms with van der Waals surface area (Å²) >= 11 is 0. The SMILES string of the molecule is Cc1ccc([C@H]2C[C@@H](c3ccccc3)n3ncnc3N2C(=O)CC(C)C)cc1. The van der Waals surface area contributed by atoms with Gasteiger partial charge >= 0.3 is 0 Å². The van der Waals surface area contributed by atoms with Gasteiger partial charge in [-0.3, -0.25) is 9.69 Å². The van der Waals surface area contributed by atoms with Gasteiger partial charge in [0.1, 0.15) is 6.33 Å². The molecule has 1 aliphatic heterocycles. The van der Waals surface area contributed by atoms with Crippen LogP contribution in [0.5, 0.6) is 0 Å². The highest BCUT2D eigenvalue weighted by Gasteiger charge is 2.39. The van der Waals surface area contributed by atoms with Gasteiger partial charge in [-0.05, 0) is 30.4 Å². The molecule has 0 fully saturated rings. The number of carbonyl (C=O) groups is 1. The smallest absolute Gasteiger partial charge is 0.231 e. The van der Waals surface area contributed by atoms with Crippen LogP contribution in [0, 0.1) is 12.8 Å². The Bertz CT molecular complexity index is 946. The van der Waals surface area contributed by atoms with Gasteiger partial charge in [0, 0.05) is 6.42 Å². The van der Waals surface area contributed by atoms with E-state index in [1.54, 1.807) is 6.33 Å². The predicted octanol–water partition coefficient (Wildman–Crippen LogP) is 4.70. The molecule has 2 heterocycles. The molecular weight excluding hydrogens is 348 g/mol. The molecule has 0 N–H and O–H groups in total. The van der Waals surface area contributed by atoms with Crippen LogP contribution in [0.25, 0.3) is 0 Å². The molecule has 2 atom stereocenters. The highest BCUT2D eigenvalue weighted by molar-refractivity contribution is 5.93. The van der Waals surface area contributed by atoms with Gasteiger partial charge in [-0.1, -0.05) is 74.0 Å². The van der Waals surface area contributed by atoms with Crippen LogP contribution >= 0.6 is 0 Å². The van der Waals surface area contributed by atoms with Gasteiger partial charge in [-0.2, -0.15) is 10.1 Å². The molecule has 1 aliphatic rings. The molecule has 0 aliphatic carbocycles. The zero-order chi connectivity index (χ0) is 19.7. The summed E-state index contributed by atoms with van der Waals surface area (Å²) < 4.78 is 1.90. The van der Waals surface area contributed by atoms with E-state index in [2.05, 4.69) is 67.3 Å². The van der Waals surface area contributed by atoms with Crippen LogP contribution in [-0.4, -0.2) is 20.7 Å². The number of anilines is 1. The Morgan fingerprint density at radius 3 is 2.39 bits per heavy atom. The van der Waals surface area contributed by atoms with Gasteiger partial charge in [0.2, 0.25) is 11.9 Å². The Hall–Kier alpha value is -2.95. The normalized spacial score (nSPS) is 18.9. The van der Waals surface area contributed by atoms with E-state index >= 15 is 0 Å². The quantitative estimate of drug-likeness (QED) is 0.665. The number of rotatable bonds is 4. The number of amides is 1. The first kappa shape index (κ1) is 18.4. The molecule has 144 valence electrons. The molecule has 0 saturated heterocycles. The summed E-state index contributed by atoms with van der Waals surface area (Å²) in [5.41, 5.74) is 3.53. The lowest BCUT2D eigenvalue weighted by molar-refractivity contribution is -0.120. The van der Waals surface area contributed by atoms with E-state index in [1.165, 1.54) is 11.1 Å². The second-order valence-corrected chi connectivity index (χ2v) is 7.95. The van der Waals surface area contributed by atoms with Crippen molar-refractivity contribution in [3.05, 3.63) is 77.6 Å². The van der Waals surface area contributed by atoms with Crippen LogP contribution in [0.2, 0.25) is 0 Å². The van der Waals surface area contributed by atoms with Gasteiger partial charge in [-0.25, -0.2) is 4.68 Å². The molecule has 1 amide bonds. The summed E-state index contributed by atoms with van der Waals surface area (Å²) in [6, 6.07) is 18.8. The van der Waals surface area contributed by atoms with E-state index in [1.807, 2.05) is 27.8 Å². The minimum Gasteiger partial charge on any atom is -0.274 e. The summed E-state index contributed by atoms with van der Waals surface area (Å²) in [5.74, 6) is 1.02. The summed E-state index contributed by atoms with van der Waals surface area (Å²) in [7, 11) is 0. The summed E-state index contributed by atoms with van der Waals surface area (Å²) in [6.07, 6.45) is 2.82. The van der Waals surface area contributed by atoms with Crippen molar-refractivity contribution in [1.29, 1.82) is 0 Å². The number of hydrogen-bond acceptors (Lipinski definition) is 3. The molecule has 4 rings (SSSR count). The zero-order valence-electron chi connectivity index (χ0n) is 16.6. The molecule has 0 bridgehead atoms. The van der Waals surface area contributed by atoms with E-state index in [0.717, 1.165) is 12.0 Å². The number of fused-ring (bicyclic) bond motifs is 1. The van der Waals surface area contributed by atoms with Gasteiger partial charge in [0.15, 0.2) is 0 Å². The van der Waals surface area contributed by atoms with Crippen LogP contribution in [0.15, 0.2) is 60.9 Å². The third-order valence-electron chi connectivity index (χ3n) is 5.32. The Morgan fingerprint density at radius 1 is 1.04 bits per heavy atom. The molecule has 5 heteroatoms. The maximum atomic E-state index is 13.2. The van der Waals surface area contributed by atoms with Crippen molar-refractivity contribution in [3.63, 3.8) is 0 Å². The first-order valence-electron chi connectivity index (χ1n) is 9.87. The van der Waals surface area contributed by atoms with E-state index in [4.69, 9.17) is 0 Å². The van der Waals surface area contributed by atoms with E-state index in [9.17, 15) is 4.79 Å². The van der Waals surface area contributed by atoms with Crippen molar-refractivity contribution in [2.45, 2.75) is 45.7 Å². The maximum absolute atomic E-state index is 13.2. The minimum atomic E-state index is -0.0613. The first-order chi connectivity index (χ1) is 13.5. The fourth-order valence-electron chi connectivity index (χ4n) is 3.95. The highest BCUT2D eigenvalue weighted by atomic mass is 16.2. The average molecular weight is 374 g/mol. The van der Waals surface area contributed by atoms with Crippen molar-refractivity contribution < 1.29 is 4.79 Å². The summed E-state index contributed by atoms with van der Waals surface area (Å²) in [5, 5.41) is 4.48. The Labute approximate surface area is 166 Å². The molecule has 3 aromatic rings. The predicted molar refractivity (Wildman–Crippen MR) is 110 cm³/mol. The van der Waals surface area contributed by atoms with Gasteiger partial charge in [0.05, 0.1) is 12.1 Å². The van der Waals surface area contributed by atoms with Gasteiger partial charge < -0.3 is 0 Å². The number of carbonyl (C=O) groups excluding carboxylic acids is 1. The zero-order valence-corrected chi connectivity index (χ0v) is 16.6. The van der Waals surface area contributed by atoms with Crippen molar-refractivity contribution in [1.82, 2.24) is 14.8 Å². The average Bonchev–Trinajstić information content (AvgIpc) is 3.17. The Morgan fingerprint density at radius 2 is 1.71 bits per heavy atom. The highest BCUT2D eigenvalue weighted by Crippen LogP contribution is 2.42. The summed E-state index contributed by atoms with van der Waals surface area (Å²) in [4.78, 5) is 19.6. The van der Waals surface area contributed by atoms with Crippen molar-refractivity contribution in [3.8, 4) is 0 Å². The van der Waals surface area contributed by atoms with Crippen LogP contribution in [0.4, 0.5) is 5.95 Å². The largest absolute Gasteiger partial charge is 0.274 e. The van der Waals surface area contributed by atoms with Crippen LogP contribution in [-0.2, 0) is 4.79 Å². The second kappa shape index (κ2) is 7.58. The van der Waals surface area contributed by atoms with E-state index < -0.39 is 0 Å². The molecule has 0 spiro atoms. The Kier molecular flexibility index (Phi) is 4.99. The monoisotopic (exact) mass is 374 g/mol. The number of aromatic nitrogens is 3. The maximum Gasteiger partial charge on any atom is 0.231 e. The lowest BCUT2D eigenvalue weighted by Crippen LogP contribution is -2.43. The lowest BCUT2D eigenvalue weighted by Gasteiger charge is -2.39. The lowest BCUT2D eigenvalue weighted by atomic mass is 9.91. The van der Waals surface area contributed by atoms with Crippen LogP contribution in [0.1, 0.15) is 55.5 Å². The standard InChI is InChI=1S/C23H26N4O/c1-16(2)13-22(28)26-20(19-11-9-17(3)10-12-19)14-21(18-7-5-4-6-8-18)27-23(26)24-15-25-27/h4-12,15-16,20-21H,13-14H2,1-3H3/t20-,21+/m1/s1. The molecule has 5 nitrogen and oxygen atoms in total. The fourth-order valence-corrected chi connectivity index (χ4v) is 3.95. The third kappa shape index (κ3) is 3.44. The van der Waals surface area contributed by atoms with Crippen molar-refractivity contribution in [2.24, 2.45) is 5.92 Å². The van der Waals surface area contributed by atoms with Crippen LogP contribution in [0.3, 0.4) is 0 Å². The fraction of sp³-hybridized carbons (Fsp3) is 0.348. The van der Waals surface area contributed by atoms with Gasteiger partial charge in [0.25, 0.3) is 0 Å². The third-order valence-corrected chi connectivity index (χ3v) is 5.32. The Balaban J connectivity index is 1.81. The number of aryl methyl sites for hydroxylation is 1. The van der Waals surface area contributed by atoms with E-state index in [-0.39, 0.29) is 23.9 Å². The summed E-state index contributed by atoms with van der Waals surface area (Å²) in [6.45, 7) is 6.22. The molecule has 0 unspecified atom stereocenters. The topological polar surface area (TPSA) is 51.0 Å². The number of hydrogen-bond donors (Lipinski definition) is 0. The molecule has 28 heavy (non-hydrogen) atoms. The first-order valence-corrected chi connectivity index (χ1v) is 9.87. The number of benzene rings is 2. The molecular formula is C23H26N4O. The van der Waals surface area contributed by atoms with Crippen molar-refractivity contribution in [2.75, 3.05) is 4.90 Å². The second-order valence-electron chi connectivity index (χ2n) is 7.95. The molecule has 2 aromatic carbocycles. The van der Waals surface area contributed by atoms with Crippen LogP contribution < -0.4 is 4.90 Å². The molecule has 1 aromatic heterocycles.